The summed E-state index contributed by atoms with van der Waals surface area (Å²) in [7, 11) is 0. The van der Waals surface area contributed by atoms with Crippen molar-refractivity contribution in [2.75, 3.05) is 84.8 Å². The van der Waals surface area contributed by atoms with Crippen molar-refractivity contribution in [2.45, 2.75) is 97.0 Å². The normalized spacial score (nSPS) is 16.4. The summed E-state index contributed by atoms with van der Waals surface area (Å²) < 4.78 is 44.2. The number of aliphatic hydroxyl groups excluding tert-OH is 1. The molecule has 422 valence electrons. The molecule has 0 unspecified atom stereocenters. The van der Waals surface area contributed by atoms with E-state index in [2.05, 4.69) is 25.7 Å². The fraction of sp³-hybridized carbons (Fsp3) is 0.509. The Morgan fingerprint density at radius 1 is 0.872 bits per heavy atom. The second kappa shape index (κ2) is 28.9. The van der Waals surface area contributed by atoms with E-state index in [1.807, 2.05) is 73.2 Å². The molecule has 0 saturated carbocycles. The number of carbonyl (C=O) groups is 4. The zero-order chi connectivity index (χ0) is 55.8. The maximum Gasteiger partial charge on any atom is 0.246 e. The number of aryl methyl sites for hydroxylation is 1. The predicted octanol–water partition coefficient (Wildman–Crippen LogP) is 6.85. The van der Waals surface area contributed by atoms with Gasteiger partial charge >= 0.3 is 0 Å². The molecule has 0 bridgehead atoms. The Morgan fingerprint density at radius 3 is 2.19 bits per heavy atom. The van der Waals surface area contributed by atoms with Crippen molar-refractivity contribution in [2.24, 2.45) is 5.41 Å². The Hall–Kier alpha value is -5.78. The van der Waals surface area contributed by atoms with Crippen LogP contribution in [0.1, 0.15) is 75.7 Å². The minimum atomic E-state index is -0.943. The maximum atomic E-state index is 14.0. The van der Waals surface area contributed by atoms with Crippen LogP contribution in [-0.2, 0) is 51.1 Å². The molecule has 4 amide bonds. The monoisotopic (exact) mass is 1140 g/mol. The quantitative estimate of drug-likeness (QED) is 0.0311. The number of halogens is 3. The molecule has 5 heterocycles. The van der Waals surface area contributed by atoms with Gasteiger partial charge in [-0.05, 0) is 60.1 Å². The third-order valence-electron chi connectivity index (χ3n) is 13.5. The number of hydrogen-bond acceptors (Lipinski definition) is 15. The highest BCUT2D eigenvalue weighted by Gasteiger charge is 2.44. The van der Waals surface area contributed by atoms with Crippen LogP contribution in [0.15, 0.2) is 66.6 Å². The van der Waals surface area contributed by atoms with E-state index in [0.29, 0.717) is 62.5 Å². The van der Waals surface area contributed by atoms with Gasteiger partial charge in [-0.25, -0.2) is 14.4 Å². The number of thiazole rings is 1. The topological polar surface area (TPSA) is 235 Å². The molecular formula is C55H70Cl2FN9O10S. The number of aliphatic hydroxyl groups is 1. The molecule has 3 aromatic heterocycles. The van der Waals surface area contributed by atoms with Gasteiger partial charge in [0.05, 0.1) is 105 Å². The number of β-amino-alcohol motifs (C(OH)–C–C–N with tert-alkyl or cyclic N) is 1. The molecule has 2 fully saturated rings. The van der Waals surface area contributed by atoms with Gasteiger partial charge in [0.1, 0.15) is 17.9 Å². The summed E-state index contributed by atoms with van der Waals surface area (Å²) in [6.07, 6.45) is 6.63. The lowest BCUT2D eigenvalue weighted by Crippen LogP contribution is -2.57. The lowest BCUT2D eigenvalue weighted by atomic mass is 9.85. The lowest BCUT2D eigenvalue weighted by molar-refractivity contribution is -0.144. The van der Waals surface area contributed by atoms with Crippen LogP contribution >= 0.6 is 34.5 Å². The molecule has 19 nitrogen and oxygen atoms in total. The van der Waals surface area contributed by atoms with Crippen LogP contribution in [0.4, 0.5) is 10.2 Å². The molecule has 0 spiro atoms. The molecule has 2 saturated heterocycles. The number of nitrogens with one attached hydrogen (secondary N) is 2. The van der Waals surface area contributed by atoms with E-state index in [0.717, 1.165) is 45.7 Å². The summed E-state index contributed by atoms with van der Waals surface area (Å²) in [5.41, 5.74) is 12.2. The van der Waals surface area contributed by atoms with Crippen molar-refractivity contribution in [3.8, 4) is 27.3 Å². The first-order valence-electron chi connectivity index (χ1n) is 26.2. The first kappa shape index (κ1) is 59.9. The van der Waals surface area contributed by atoms with E-state index >= 15 is 0 Å². The Labute approximate surface area is 468 Å². The molecule has 23 heteroatoms. The Balaban J connectivity index is 0.699. The number of amides is 4. The van der Waals surface area contributed by atoms with Gasteiger partial charge in [0.25, 0.3) is 0 Å². The number of hydrogen-bond donors (Lipinski definition) is 4. The standard InChI is InChI=1S/C55H70Cl2FN9O10S/c1-35-50(78-34-62-35)37-7-5-36(6-8-37)29-61-53(71)45-28-41(68)33-66(45)54(72)51(55(2,3)4)64-47(69)14-18-73-21-23-75-25-26-76-24-22-74-19-15-48(70)65-16-11-40(12-17-65)67-32-39(31-63-67)38-27-46(52(59)60-30-38)77-20-13-42-43(56)9-10-44(58)49(42)57/h5-10,27,30-32,34,40-41,45,51,68H,11-26,28-29,33H2,1-4H3,(H2,59,60)(H,61,71)(H,64,69)/t41-,45+,51-/m1/s1. The fourth-order valence-corrected chi connectivity index (χ4v) is 10.5. The average Bonchev–Trinajstić information content (AvgIpc) is 4.21. The predicted molar refractivity (Wildman–Crippen MR) is 294 cm³/mol. The smallest absolute Gasteiger partial charge is 0.246 e. The molecule has 78 heavy (non-hydrogen) atoms. The van der Waals surface area contributed by atoms with Crippen molar-refractivity contribution in [1.82, 2.24) is 40.2 Å². The molecular weight excluding hydrogens is 1070 g/mol. The van der Waals surface area contributed by atoms with E-state index in [1.165, 1.54) is 17.0 Å². The highest BCUT2D eigenvalue weighted by atomic mass is 35.5. The summed E-state index contributed by atoms with van der Waals surface area (Å²) >= 11 is 13.9. The number of nitrogens with zero attached hydrogens (tertiary/aromatic N) is 6. The van der Waals surface area contributed by atoms with Gasteiger partial charge in [-0.3, -0.25) is 23.9 Å². The summed E-state index contributed by atoms with van der Waals surface area (Å²) in [5.74, 6) is -1.12. The van der Waals surface area contributed by atoms with E-state index in [-0.39, 0.29) is 99.8 Å². The molecule has 2 aliphatic rings. The summed E-state index contributed by atoms with van der Waals surface area (Å²) in [6.45, 7) is 11.4. The fourth-order valence-electron chi connectivity index (χ4n) is 9.11. The van der Waals surface area contributed by atoms with Crippen molar-refractivity contribution in [3.63, 3.8) is 0 Å². The van der Waals surface area contributed by atoms with Gasteiger partial charge in [0.15, 0.2) is 11.6 Å². The second-order valence-electron chi connectivity index (χ2n) is 20.2. The van der Waals surface area contributed by atoms with Crippen LogP contribution in [0.3, 0.4) is 0 Å². The van der Waals surface area contributed by atoms with Crippen molar-refractivity contribution >= 4 is 64.0 Å². The Bertz CT molecular complexity index is 2790. The maximum absolute atomic E-state index is 14.0. The van der Waals surface area contributed by atoms with E-state index in [9.17, 15) is 28.7 Å². The van der Waals surface area contributed by atoms with Crippen LogP contribution in [-0.4, -0.2) is 156 Å². The number of piperidine rings is 1. The number of pyridine rings is 1. The molecule has 2 aromatic carbocycles. The number of nitrogen functional groups attached to an aromatic ring is 1. The number of aromatic nitrogens is 4. The molecule has 0 radical (unpaired) electrons. The van der Waals surface area contributed by atoms with Gasteiger partial charge in [-0.2, -0.15) is 5.10 Å². The Kier molecular flexibility index (Phi) is 22.2. The summed E-state index contributed by atoms with van der Waals surface area (Å²) in [6, 6.07) is 10.6. The van der Waals surface area contributed by atoms with E-state index in [4.69, 9.17) is 52.6 Å². The summed E-state index contributed by atoms with van der Waals surface area (Å²) in [4.78, 5) is 66.3. The minimum absolute atomic E-state index is 0.0106. The van der Waals surface area contributed by atoms with Gasteiger partial charge in [-0.15, -0.1) is 11.3 Å². The highest BCUT2D eigenvalue weighted by Crippen LogP contribution is 2.33. The zero-order valence-electron chi connectivity index (χ0n) is 44.5. The number of rotatable bonds is 27. The first-order chi connectivity index (χ1) is 37.5. The van der Waals surface area contributed by atoms with Crippen LogP contribution in [0.2, 0.25) is 10.0 Å². The summed E-state index contributed by atoms with van der Waals surface area (Å²) in [5, 5.41) is 21.3. The number of ether oxygens (including phenoxy) is 5. The average molecular weight is 1140 g/mol. The molecule has 5 N–H and O–H groups in total. The largest absolute Gasteiger partial charge is 0.489 e. The molecule has 7 rings (SSSR count). The van der Waals surface area contributed by atoms with Gasteiger partial charge in [-0.1, -0.05) is 68.2 Å². The zero-order valence-corrected chi connectivity index (χ0v) is 46.8. The van der Waals surface area contributed by atoms with E-state index in [1.54, 1.807) is 29.8 Å². The van der Waals surface area contributed by atoms with Crippen LogP contribution in [0.5, 0.6) is 5.75 Å². The van der Waals surface area contributed by atoms with Gasteiger partial charge in [0, 0.05) is 74.0 Å². The van der Waals surface area contributed by atoms with Crippen molar-refractivity contribution in [3.05, 3.63) is 99.2 Å². The third-order valence-corrected chi connectivity index (χ3v) is 15.3. The van der Waals surface area contributed by atoms with Crippen LogP contribution in [0.25, 0.3) is 21.6 Å². The number of likely N-dealkylation sites (tertiary alicyclic amines) is 2. The SMILES string of the molecule is Cc1ncsc1-c1ccc(CNC(=O)[C@@H]2C[C@@H](O)CN2C(=O)[C@@H](NC(=O)CCOCCOCCOCCOCCC(=O)N2CCC(n3cc(-c4cnc(N)c(OCCc5c(Cl)ccc(F)c5Cl)c4)cn3)CC2)C(C)(C)C)cc1. The molecule has 0 aliphatic carbocycles. The van der Waals surface area contributed by atoms with Gasteiger partial charge < -0.3 is 55.0 Å². The van der Waals surface area contributed by atoms with Crippen LogP contribution < -0.4 is 21.1 Å². The first-order valence-corrected chi connectivity index (χ1v) is 27.8. The Morgan fingerprint density at radius 2 is 1.54 bits per heavy atom. The number of carbonyl (C=O) groups excluding carboxylic acids is 4. The van der Waals surface area contributed by atoms with Gasteiger partial charge in [0.2, 0.25) is 23.6 Å². The highest BCUT2D eigenvalue weighted by molar-refractivity contribution is 7.13. The van der Waals surface area contributed by atoms with E-state index < -0.39 is 35.3 Å². The number of anilines is 1. The number of nitrogens with two attached hydrogens (primary N) is 1. The molecule has 2 aliphatic heterocycles. The molecule has 3 atom stereocenters. The lowest BCUT2D eigenvalue weighted by Gasteiger charge is -2.35. The van der Waals surface area contributed by atoms with Crippen LogP contribution in [0, 0.1) is 18.2 Å². The molecule has 5 aromatic rings. The number of benzene rings is 2. The third kappa shape index (κ3) is 16.9. The van der Waals surface area contributed by atoms with Crippen molar-refractivity contribution < 1.29 is 52.4 Å². The minimum Gasteiger partial charge on any atom is -0.489 e. The van der Waals surface area contributed by atoms with Crippen molar-refractivity contribution in [1.29, 1.82) is 0 Å². The second-order valence-corrected chi connectivity index (χ2v) is 21.9.